The second-order valence-corrected chi connectivity index (χ2v) is 6.97. The monoisotopic (exact) mass is 333 g/mol. The van der Waals surface area contributed by atoms with Crippen LogP contribution in [0.2, 0.25) is 0 Å². The Morgan fingerprint density at radius 2 is 1.96 bits per heavy atom. The number of nitrogens with one attached hydrogen (secondary N) is 1. The number of nitrogens with zero attached hydrogens (tertiary/aromatic N) is 2. The minimum atomic E-state index is -0.487. The molecule has 0 radical (unpaired) electrons. The van der Waals surface area contributed by atoms with Crippen LogP contribution in [0.5, 0.6) is 0 Å². The van der Waals surface area contributed by atoms with Crippen molar-refractivity contribution in [1.29, 1.82) is 0 Å². The first-order valence-electron chi connectivity index (χ1n) is 7.94. The number of hydrogen-bond donors (Lipinski definition) is 2. The Kier molecular flexibility index (Phi) is 5.39. The van der Waals surface area contributed by atoms with E-state index in [1.165, 1.54) is 16.8 Å². The standard InChI is InChI=1S/C18H24FN3O2/c1-18(2,3)16(23)9-10-20-17(24)15-11-14(21-22(15)4)12-5-7-13(19)8-6-12/h5-8,11,16,23H,9-10H2,1-4H3,(H,20,24). The van der Waals surface area contributed by atoms with Crippen molar-refractivity contribution < 1.29 is 14.3 Å². The van der Waals surface area contributed by atoms with Gasteiger partial charge < -0.3 is 10.4 Å². The molecule has 130 valence electrons. The van der Waals surface area contributed by atoms with Gasteiger partial charge in [0.25, 0.3) is 5.91 Å². The molecule has 0 spiro atoms. The van der Waals surface area contributed by atoms with E-state index in [0.717, 1.165) is 5.56 Å². The van der Waals surface area contributed by atoms with Gasteiger partial charge in [-0.25, -0.2) is 4.39 Å². The molecule has 1 atom stereocenters. The summed E-state index contributed by atoms with van der Waals surface area (Å²) in [6.45, 7) is 6.25. The van der Waals surface area contributed by atoms with Crippen LogP contribution in [-0.4, -0.2) is 33.4 Å². The van der Waals surface area contributed by atoms with Crippen LogP contribution in [0.15, 0.2) is 30.3 Å². The molecular weight excluding hydrogens is 309 g/mol. The number of carbonyl (C=O) groups excluding carboxylic acids is 1. The maximum absolute atomic E-state index is 13.0. The molecule has 1 unspecified atom stereocenters. The average molecular weight is 333 g/mol. The molecule has 0 aliphatic rings. The summed E-state index contributed by atoms with van der Waals surface area (Å²) in [6.07, 6.45) is -0.00289. The van der Waals surface area contributed by atoms with Crippen LogP contribution in [0, 0.1) is 11.2 Å². The lowest BCUT2D eigenvalue weighted by atomic mass is 9.87. The van der Waals surface area contributed by atoms with Crippen molar-refractivity contribution in [2.75, 3.05) is 6.54 Å². The molecule has 1 aromatic heterocycles. The first-order chi connectivity index (χ1) is 11.2. The highest BCUT2D eigenvalue weighted by atomic mass is 19.1. The lowest BCUT2D eigenvalue weighted by Gasteiger charge is -2.25. The quantitative estimate of drug-likeness (QED) is 0.884. The minimum absolute atomic E-state index is 0.215. The van der Waals surface area contributed by atoms with Crippen LogP contribution < -0.4 is 5.32 Å². The van der Waals surface area contributed by atoms with Gasteiger partial charge in [0.2, 0.25) is 0 Å². The predicted molar refractivity (Wildman–Crippen MR) is 91.0 cm³/mol. The molecule has 0 aliphatic heterocycles. The number of rotatable bonds is 5. The Morgan fingerprint density at radius 3 is 2.54 bits per heavy atom. The first-order valence-corrected chi connectivity index (χ1v) is 7.94. The van der Waals surface area contributed by atoms with Crippen molar-refractivity contribution in [3.63, 3.8) is 0 Å². The Hall–Kier alpha value is -2.21. The number of aliphatic hydroxyl groups is 1. The number of aromatic nitrogens is 2. The van der Waals surface area contributed by atoms with E-state index < -0.39 is 6.10 Å². The van der Waals surface area contributed by atoms with Crippen LogP contribution >= 0.6 is 0 Å². The summed E-state index contributed by atoms with van der Waals surface area (Å²) in [5.41, 5.74) is 1.55. The van der Waals surface area contributed by atoms with Gasteiger partial charge in [-0.05, 0) is 42.2 Å². The van der Waals surface area contributed by atoms with Crippen molar-refractivity contribution in [1.82, 2.24) is 15.1 Å². The Bertz CT molecular complexity index is 702. The summed E-state index contributed by atoms with van der Waals surface area (Å²) in [7, 11) is 1.69. The van der Waals surface area contributed by atoms with E-state index in [9.17, 15) is 14.3 Å². The summed E-state index contributed by atoms with van der Waals surface area (Å²) < 4.78 is 14.5. The van der Waals surface area contributed by atoms with E-state index >= 15 is 0 Å². The normalized spacial score (nSPS) is 12.9. The predicted octanol–water partition coefficient (Wildman–Crippen LogP) is 2.75. The van der Waals surface area contributed by atoms with Crippen LogP contribution in [0.4, 0.5) is 4.39 Å². The lowest BCUT2D eigenvalue weighted by molar-refractivity contribution is 0.0550. The van der Waals surface area contributed by atoms with Gasteiger partial charge >= 0.3 is 0 Å². The van der Waals surface area contributed by atoms with Crippen molar-refractivity contribution in [2.45, 2.75) is 33.3 Å². The fourth-order valence-electron chi connectivity index (χ4n) is 2.29. The van der Waals surface area contributed by atoms with Gasteiger partial charge in [0, 0.05) is 19.2 Å². The highest BCUT2D eigenvalue weighted by Gasteiger charge is 2.22. The fraction of sp³-hybridized carbons (Fsp3) is 0.444. The summed E-state index contributed by atoms with van der Waals surface area (Å²) in [4.78, 5) is 12.3. The number of hydrogen-bond acceptors (Lipinski definition) is 3. The van der Waals surface area contributed by atoms with Gasteiger partial charge in [-0.15, -0.1) is 0 Å². The Morgan fingerprint density at radius 1 is 1.33 bits per heavy atom. The fourth-order valence-corrected chi connectivity index (χ4v) is 2.29. The van der Waals surface area contributed by atoms with Crippen molar-refractivity contribution >= 4 is 5.91 Å². The molecule has 2 aromatic rings. The zero-order valence-electron chi connectivity index (χ0n) is 14.5. The number of halogens is 1. The maximum atomic E-state index is 13.0. The molecule has 0 saturated heterocycles. The molecule has 2 N–H and O–H groups in total. The third-order valence-corrected chi connectivity index (χ3v) is 3.96. The molecule has 0 saturated carbocycles. The number of amides is 1. The number of aryl methyl sites for hydroxylation is 1. The zero-order chi connectivity index (χ0) is 17.9. The summed E-state index contributed by atoms with van der Waals surface area (Å²) in [5, 5.41) is 17.1. The van der Waals surface area contributed by atoms with E-state index in [1.807, 2.05) is 20.8 Å². The smallest absolute Gasteiger partial charge is 0.269 e. The maximum Gasteiger partial charge on any atom is 0.269 e. The first kappa shape index (κ1) is 18.1. The second-order valence-electron chi connectivity index (χ2n) is 6.97. The van der Waals surface area contributed by atoms with Crippen LogP contribution in [0.3, 0.4) is 0 Å². The van der Waals surface area contributed by atoms with Gasteiger partial charge in [-0.1, -0.05) is 20.8 Å². The molecule has 1 aromatic carbocycles. The molecule has 5 nitrogen and oxygen atoms in total. The number of aliphatic hydroxyl groups excluding tert-OH is 1. The molecule has 0 aliphatic carbocycles. The van der Waals surface area contributed by atoms with Gasteiger partial charge in [0.05, 0.1) is 11.8 Å². The highest BCUT2D eigenvalue weighted by Crippen LogP contribution is 2.21. The van der Waals surface area contributed by atoms with Crippen molar-refractivity contribution in [2.24, 2.45) is 12.5 Å². The number of carbonyl (C=O) groups is 1. The van der Waals surface area contributed by atoms with Crippen molar-refractivity contribution in [3.05, 3.63) is 41.8 Å². The molecule has 1 heterocycles. The summed E-state index contributed by atoms with van der Waals surface area (Å²) in [6, 6.07) is 7.64. The Balaban J connectivity index is 2.02. The summed E-state index contributed by atoms with van der Waals surface area (Å²) >= 11 is 0. The second kappa shape index (κ2) is 7.13. The van der Waals surface area contributed by atoms with Gasteiger partial charge in [-0.2, -0.15) is 5.10 Å². The third-order valence-electron chi connectivity index (χ3n) is 3.96. The average Bonchev–Trinajstić information content (AvgIpc) is 2.88. The molecule has 1 amide bonds. The van der Waals surface area contributed by atoms with E-state index in [-0.39, 0.29) is 17.1 Å². The Labute approximate surface area is 141 Å². The van der Waals surface area contributed by atoms with Crippen LogP contribution in [-0.2, 0) is 7.05 Å². The molecule has 0 fully saturated rings. The molecule has 24 heavy (non-hydrogen) atoms. The zero-order valence-corrected chi connectivity index (χ0v) is 14.5. The SMILES string of the molecule is Cn1nc(-c2ccc(F)cc2)cc1C(=O)NCCC(O)C(C)(C)C. The van der Waals surface area contributed by atoms with Gasteiger partial charge in [-0.3, -0.25) is 9.48 Å². The minimum Gasteiger partial charge on any atom is -0.393 e. The van der Waals surface area contributed by atoms with E-state index in [4.69, 9.17) is 0 Å². The molecule has 0 bridgehead atoms. The van der Waals surface area contributed by atoms with Crippen LogP contribution in [0.25, 0.3) is 11.3 Å². The molecule has 2 rings (SSSR count). The van der Waals surface area contributed by atoms with Crippen molar-refractivity contribution in [3.8, 4) is 11.3 Å². The van der Waals surface area contributed by atoms with Gasteiger partial charge in [0.15, 0.2) is 0 Å². The molecular formula is C18H24FN3O2. The lowest BCUT2D eigenvalue weighted by Crippen LogP contribution is -2.33. The summed E-state index contributed by atoms with van der Waals surface area (Å²) in [5.74, 6) is -0.565. The van der Waals surface area contributed by atoms with Crippen LogP contribution in [0.1, 0.15) is 37.7 Å². The van der Waals surface area contributed by atoms with E-state index in [0.29, 0.717) is 24.4 Å². The topological polar surface area (TPSA) is 67.2 Å². The third kappa shape index (κ3) is 4.41. The molecule has 6 heteroatoms. The van der Waals surface area contributed by atoms with E-state index in [2.05, 4.69) is 10.4 Å². The van der Waals surface area contributed by atoms with E-state index in [1.54, 1.807) is 25.2 Å². The number of benzene rings is 1. The largest absolute Gasteiger partial charge is 0.393 e. The highest BCUT2D eigenvalue weighted by molar-refractivity contribution is 5.93. The van der Waals surface area contributed by atoms with Gasteiger partial charge in [0.1, 0.15) is 11.5 Å².